The number of carbonyl (C=O) groups excluding carboxylic acids is 2. The maximum Gasteiger partial charge on any atom is 0.317 e. The van der Waals surface area contributed by atoms with Crippen LogP contribution >= 0.6 is 0 Å². The molecule has 20 heavy (non-hydrogen) atoms. The van der Waals surface area contributed by atoms with Crippen LogP contribution in [0.25, 0.3) is 0 Å². The molecule has 0 radical (unpaired) electrons. The van der Waals surface area contributed by atoms with Gasteiger partial charge in [-0.2, -0.15) is 0 Å². The Morgan fingerprint density at radius 1 is 1.45 bits per heavy atom. The first-order valence-corrected chi connectivity index (χ1v) is 6.85. The highest BCUT2D eigenvalue weighted by molar-refractivity contribution is 5.83. The predicted molar refractivity (Wildman–Crippen MR) is 73.0 cm³/mol. The molecule has 3 amide bonds. The van der Waals surface area contributed by atoms with Crippen LogP contribution in [0.1, 0.15) is 39.5 Å². The van der Waals surface area contributed by atoms with Crippen LogP contribution in [0.3, 0.4) is 0 Å². The fraction of sp³-hybridized carbons (Fsp3) is 0.769. The number of aliphatic carboxylic acids is 1. The molecule has 4 N–H and O–H groups in total. The van der Waals surface area contributed by atoms with E-state index in [4.69, 9.17) is 10.8 Å². The number of rotatable bonds is 6. The number of urea groups is 1. The molecule has 0 aromatic carbocycles. The van der Waals surface area contributed by atoms with Crippen molar-refractivity contribution in [3.05, 3.63) is 0 Å². The zero-order chi connectivity index (χ0) is 15.3. The first-order chi connectivity index (χ1) is 9.28. The van der Waals surface area contributed by atoms with E-state index < -0.39 is 17.3 Å². The summed E-state index contributed by atoms with van der Waals surface area (Å²) < 4.78 is 0. The standard InChI is InChI=1S/C13H23N3O4/c1-3-4-9(7-10(17)18)15-12(20)16-6-5-13(2,8-16)11(14)19/h9H,3-8H2,1-2H3,(H2,14,19)(H,15,20)(H,17,18). The Bertz CT molecular complexity index is 399. The molecule has 7 nitrogen and oxygen atoms in total. The molecular formula is C13H23N3O4. The molecule has 0 aromatic rings. The van der Waals surface area contributed by atoms with E-state index in [2.05, 4.69) is 5.32 Å². The number of hydrogen-bond acceptors (Lipinski definition) is 3. The van der Waals surface area contributed by atoms with Crippen LogP contribution < -0.4 is 11.1 Å². The summed E-state index contributed by atoms with van der Waals surface area (Å²) in [4.78, 5) is 35.7. The number of nitrogens with zero attached hydrogens (tertiary/aromatic N) is 1. The van der Waals surface area contributed by atoms with Gasteiger partial charge in [0.15, 0.2) is 0 Å². The number of primary amides is 1. The average molecular weight is 285 g/mol. The number of likely N-dealkylation sites (tertiary alicyclic amines) is 1. The Balaban J connectivity index is 2.58. The Morgan fingerprint density at radius 3 is 2.55 bits per heavy atom. The van der Waals surface area contributed by atoms with E-state index >= 15 is 0 Å². The minimum Gasteiger partial charge on any atom is -0.481 e. The molecule has 0 aliphatic carbocycles. The van der Waals surface area contributed by atoms with Gasteiger partial charge in [0, 0.05) is 19.1 Å². The van der Waals surface area contributed by atoms with Gasteiger partial charge in [-0.05, 0) is 19.8 Å². The van der Waals surface area contributed by atoms with Crippen molar-refractivity contribution < 1.29 is 19.5 Å². The van der Waals surface area contributed by atoms with Gasteiger partial charge in [0.2, 0.25) is 5.91 Å². The summed E-state index contributed by atoms with van der Waals surface area (Å²) in [6, 6.07) is -0.708. The summed E-state index contributed by atoms with van der Waals surface area (Å²) in [6.07, 6.45) is 1.84. The molecule has 1 heterocycles. The molecule has 1 rings (SSSR count). The third kappa shape index (κ3) is 4.11. The molecule has 2 unspecified atom stereocenters. The maximum absolute atomic E-state index is 12.1. The number of amides is 3. The lowest BCUT2D eigenvalue weighted by atomic mass is 9.89. The minimum atomic E-state index is -0.938. The van der Waals surface area contributed by atoms with E-state index in [0.717, 1.165) is 6.42 Å². The van der Waals surface area contributed by atoms with Gasteiger partial charge < -0.3 is 21.1 Å². The first-order valence-electron chi connectivity index (χ1n) is 6.85. The van der Waals surface area contributed by atoms with E-state index in [-0.39, 0.29) is 25.0 Å². The molecule has 0 saturated carbocycles. The Labute approximate surface area is 118 Å². The largest absolute Gasteiger partial charge is 0.481 e. The van der Waals surface area contributed by atoms with Crippen LogP contribution in [-0.4, -0.2) is 47.0 Å². The molecular weight excluding hydrogens is 262 g/mol. The van der Waals surface area contributed by atoms with Crippen molar-refractivity contribution in [1.82, 2.24) is 10.2 Å². The number of carbonyl (C=O) groups is 3. The van der Waals surface area contributed by atoms with E-state index in [1.807, 2.05) is 6.92 Å². The van der Waals surface area contributed by atoms with E-state index in [9.17, 15) is 14.4 Å². The Kier molecular flexibility index (Phi) is 5.35. The lowest BCUT2D eigenvalue weighted by molar-refractivity contribution is -0.137. The second kappa shape index (κ2) is 6.58. The van der Waals surface area contributed by atoms with Gasteiger partial charge in [0.1, 0.15) is 0 Å². The fourth-order valence-electron chi connectivity index (χ4n) is 2.39. The number of nitrogens with two attached hydrogens (primary N) is 1. The van der Waals surface area contributed by atoms with Gasteiger partial charge in [0.25, 0.3) is 0 Å². The second-order valence-corrected chi connectivity index (χ2v) is 5.63. The highest BCUT2D eigenvalue weighted by Gasteiger charge is 2.40. The van der Waals surface area contributed by atoms with Crippen molar-refractivity contribution in [2.24, 2.45) is 11.1 Å². The smallest absolute Gasteiger partial charge is 0.317 e. The summed E-state index contributed by atoms with van der Waals surface area (Å²) in [5.41, 5.74) is 4.64. The Morgan fingerprint density at radius 2 is 2.10 bits per heavy atom. The van der Waals surface area contributed by atoms with Gasteiger partial charge >= 0.3 is 12.0 Å². The van der Waals surface area contributed by atoms with Crippen LogP contribution in [0.4, 0.5) is 4.79 Å². The van der Waals surface area contributed by atoms with Crippen molar-refractivity contribution in [2.45, 2.75) is 45.6 Å². The summed E-state index contributed by atoms with van der Waals surface area (Å²) in [7, 11) is 0. The monoisotopic (exact) mass is 285 g/mol. The number of hydrogen-bond donors (Lipinski definition) is 3. The molecule has 1 aliphatic rings. The van der Waals surface area contributed by atoms with Gasteiger partial charge in [-0.25, -0.2) is 4.79 Å². The quantitative estimate of drug-likeness (QED) is 0.661. The number of carboxylic acid groups (broad SMARTS) is 1. The van der Waals surface area contributed by atoms with Gasteiger partial charge in [-0.1, -0.05) is 13.3 Å². The topological polar surface area (TPSA) is 113 Å². The van der Waals surface area contributed by atoms with Crippen LogP contribution in [-0.2, 0) is 9.59 Å². The number of carboxylic acids is 1. The van der Waals surface area contributed by atoms with Crippen LogP contribution in [0.15, 0.2) is 0 Å². The van der Waals surface area contributed by atoms with Crippen molar-refractivity contribution >= 4 is 17.9 Å². The molecule has 1 saturated heterocycles. The van der Waals surface area contributed by atoms with Gasteiger partial charge in [-0.3, -0.25) is 9.59 Å². The number of nitrogens with one attached hydrogen (secondary N) is 1. The van der Waals surface area contributed by atoms with Crippen LogP contribution in [0.2, 0.25) is 0 Å². The zero-order valence-electron chi connectivity index (χ0n) is 12.0. The maximum atomic E-state index is 12.1. The predicted octanol–water partition coefficient (Wildman–Crippen LogP) is 0.537. The molecule has 2 atom stereocenters. The molecule has 114 valence electrons. The molecule has 0 aromatic heterocycles. The third-order valence-electron chi connectivity index (χ3n) is 3.74. The van der Waals surface area contributed by atoms with Crippen molar-refractivity contribution in [3.8, 4) is 0 Å². The molecule has 0 spiro atoms. The van der Waals surface area contributed by atoms with Crippen LogP contribution in [0.5, 0.6) is 0 Å². The second-order valence-electron chi connectivity index (χ2n) is 5.63. The van der Waals surface area contributed by atoms with E-state index in [1.165, 1.54) is 4.90 Å². The molecule has 1 fully saturated rings. The molecule has 1 aliphatic heterocycles. The summed E-state index contributed by atoms with van der Waals surface area (Å²) in [5.74, 6) is -1.35. The van der Waals surface area contributed by atoms with Crippen molar-refractivity contribution in [3.63, 3.8) is 0 Å². The highest BCUT2D eigenvalue weighted by atomic mass is 16.4. The van der Waals surface area contributed by atoms with E-state index in [0.29, 0.717) is 19.4 Å². The Hall–Kier alpha value is -1.79. The lowest BCUT2D eigenvalue weighted by Crippen LogP contribution is -2.46. The average Bonchev–Trinajstić information content (AvgIpc) is 2.73. The molecule has 7 heteroatoms. The lowest BCUT2D eigenvalue weighted by Gasteiger charge is -2.24. The third-order valence-corrected chi connectivity index (χ3v) is 3.74. The normalized spacial score (nSPS) is 23.4. The highest BCUT2D eigenvalue weighted by Crippen LogP contribution is 2.29. The summed E-state index contributed by atoms with van der Waals surface area (Å²) >= 11 is 0. The SMILES string of the molecule is CCCC(CC(=O)O)NC(=O)N1CCC(C)(C(N)=O)C1. The fourth-order valence-corrected chi connectivity index (χ4v) is 2.39. The summed E-state index contributed by atoms with van der Waals surface area (Å²) in [5, 5.41) is 11.5. The summed E-state index contributed by atoms with van der Waals surface area (Å²) in [6.45, 7) is 4.40. The van der Waals surface area contributed by atoms with E-state index in [1.54, 1.807) is 6.92 Å². The molecule has 0 bridgehead atoms. The van der Waals surface area contributed by atoms with Gasteiger partial charge in [-0.15, -0.1) is 0 Å². The van der Waals surface area contributed by atoms with Crippen LogP contribution in [0, 0.1) is 5.41 Å². The van der Waals surface area contributed by atoms with Crippen molar-refractivity contribution in [1.29, 1.82) is 0 Å². The first kappa shape index (κ1) is 16.3. The minimum absolute atomic E-state index is 0.0967. The van der Waals surface area contributed by atoms with Gasteiger partial charge in [0.05, 0.1) is 11.8 Å². The zero-order valence-corrected chi connectivity index (χ0v) is 12.0. The van der Waals surface area contributed by atoms with Crippen molar-refractivity contribution in [2.75, 3.05) is 13.1 Å².